The smallest absolute Gasteiger partial charge is 0.335 e. The number of benzene rings is 1. The highest BCUT2D eigenvalue weighted by molar-refractivity contribution is 5.95. The van der Waals surface area contributed by atoms with E-state index in [1.807, 2.05) is 0 Å². The first-order valence-corrected chi connectivity index (χ1v) is 7.84. The lowest BCUT2D eigenvalue weighted by Crippen LogP contribution is -2.50. The van der Waals surface area contributed by atoms with Gasteiger partial charge in [0, 0.05) is 50.0 Å². The molecule has 1 aromatic heterocycles. The molecule has 0 spiro atoms. The summed E-state index contributed by atoms with van der Waals surface area (Å²) >= 11 is 0. The van der Waals surface area contributed by atoms with E-state index in [0.29, 0.717) is 0 Å². The van der Waals surface area contributed by atoms with Gasteiger partial charge in [0.05, 0.1) is 11.3 Å². The number of likely N-dealkylation sites (tertiary alicyclic amines) is 1. The number of hydrogen-bond acceptors (Lipinski definition) is 6. The number of aliphatic hydroxyl groups is 1. The molecule has 1 aliphatic heterocycles. The number of nitrogens with zero attached hydrogens (tertiary/aromatic N) is 4. The number of nitro benzene ring substituents is 1. The Hall–Kier alpha value is -3.27. The standard InChI is InChI=1S/C16H16N4O6/c21-14(18-6-3-16(24,4-7-18)15(22)23)11-1-2-12(13(9-11)20(25)26)19-8-5-17-10-19/h1-2,5,8-10,24H,3-4,6-7H2,(H,22,23). The molecule has 0 atom stereocenters. The normalized spacial score (nSPS) is 16.3. The molecule has 10 heteroatoms. The van der Waals surface area contributed by atoms with Gasteiger partial charge in [-0.15, -0.1) is 0 Å². The number of aromatic nitrogens is 2. The molecule has 2 N–H and O–H groups in total. The Morgan fingerprint density at radius 2 is 1.96 bits per heavy atom. The van der Waals surface area contributed by atoms with Crippen molar-refractivity contribution in [1.82, 2.24) is 14.5 Å². The molecule has 1 fully saturated rings. The van der Waals surface area contributed by atoms with Gasteiger partial charge >= 0.3 is 5.97 Å². The summed E-state index contributed by atoms with van der Waals surface area (Å²) < 4.78 is 1.47. The molecule has 1 aromatic carbocycles. The first-order valence-electron chi connectivity index (χ1n) is 7.84. The minimum absolute atomic E-state index is 0.0543. The van der Waals surface area contributed by atoms with E-state index in [1.165, 1.54) is 40.2 Å². The van der Waals surface area contributed by atoms with Gasteiger partial charge in [-0.2, -0.15) is 0 Å². The zero-order valence-corrected chi connectivity index (χ0v) is 13.6. The molecule has 1 amide bonds. The molecular weight excluding hydrogens is 344 g/mol. The highest BCUT2D eigenvalue weighted by atomic mass is 16.6. The zero-order valence-electron chi connectivity index (χ0n) is 13.6. The van der Waals surface area contributed by atoms with E-state index in [1.54, 1.807) is 6.20 Å². The molecule has 0 aliphatic carbocycles. The Balaban J connectivity index is 1.84. The Labute approximate surface area is 147 Å². The maximum atomic E-state index is 12.6. The van der Waals surface area contributed by atoms with Crippen molar-refractivity contribution in [3.8, 4) is 5.69 Å². The number of imidazole rings is 1. The lowest BCUT2D eigenvalue weighted by molar-refractivity contribution is -0.384. The molecule has 1 aliphatic rings. The van der Waals surface area contributed by atoms with Crippen LogP contribution in [0.1, 0.15) is 23.2 Å². The third-order valence-corrected chi connectivity index (χ3v) is 4.48. The van der Waals surface area contributed by atoms with E-state index in [9.17, 15) is 24.8 Å². The zero-order chi connectivity index (χ0) is 18.9. The van der Waals surface area contributed by atoms with Gasteiger partial charge < -0.3 is 19.7 Å². The molecule has 0 unspecified atom stereocenters. The number of piperidine rings is 1. The van der Waals surface area contributed by atoms with Crippen molar-refractivity contribution in [3.63, 3.8) is 0 Å². The third kappa shape index (κ3) is 3.14. The molecule has 3 rings (SSSR count). The van der Waals surface area contributed by atoms with Gasteiger partial charge in [-0.3, -0.25) is 14.9 Å². The Bertz CT molecular complexity index is 856. The number of nitro groups is 1. The van der Waals surface area contributed by atoms with Gasteiger partial charge in [-0.1, -0.05) is 0 Å². The molecule has 26 heavy (non-hydrogen) atoms. The predicted molar refractivity (Wildman–Crippen MR) is 87.9 cm³/mol. The van der Waals surface area contributed by atoms with Gasteiger partial charge in [0.2, 0.25) is 0 Å². The summed E-state index contributed by atoms with van der Waals surface area (Å²) in [6.45, 7) is 0.109. The topological polar surface area (TPSA) is 139 Å². The lowest BCUT2D eigenvalue weighted by Gasteiger charge is -2.35. The fourth-order valence-electron chi connectivity index (χ4n) is 2.90. The van der Waals surface area contributed by atoms with Crippen LogP contribution in [0.4, 0.5) is 5.69 Å². The van der Waals surface area contributed by atoms with Crippen LogP contribution in [0, 0.1) is 10.1 Å². The van der Waals surface area contributed by atoms with Crippen LogP contribution in [0.15, 0.2) is 36.9 Å². The first-order chi connectivity index (χ1) is 12.3. The average Bonchev–Trinajstić information content (AvgIpc) is 3.15. The minimum Gasteiger partial charge on any atom is -0.479 e. The molecule has 1 saturated heterocycles. The summed E-state index contributed by atoms with van der Waals surface area (Å²) in [5.74, 6) is -1.76. The number of carbonyl (C=O) groups excluding carboxylic acids is 1. The molecule has 2 aromatic rings. The number of hydrogen-bond donors (Lipinski definition) is 2. The predicted octanol–water partition coefficient (Wildman–Crippen LogP) is 0.832. The molecule has 10 nitrogen and oxygen atoms in total. The summed E-state index contributed by atoms with van der Waals surface area (Å²) in [4.78, 5) is 39.7. The van der Waals surface area contributed by atoms with E-state index in [2.05, 4.69) is 4.98 Å². The summed E-state index contributed by atoms with van der Waals surface area (Å²) in [7, 11) is 0. The Morgan fingerprint density at radius 3 is 2.50 bits per heavy atom. The first kappa shape index (κ1) is 17.5. The second-order valence-electron chi connectivity index (χ2n) is 6.06. The summed E-state index contributed by atoms with van der Waals surface area (Å²) in [6.07, 6.45) is 4.27. The van der Waals surface area contributed by atoms with Crippen molar-refractivity contribution in [3.05, 3.63) is 52.6 Å². The number of rotatable bonds is 4. The van der Waals surface area contributed by atoms with Crippen molar-refractivity contribution in [2.24, 2.45) is 0 Å². The number of amides is 1. The fraction of sp³-hybridized carbons (Fsp3) is 0.312. The average molecular weight is 360 g/mol. The summed E-state index contributed by atoms with van der Waals surface area (Å²) in [6, 6.07) is 4.13. The molecule has 0 radical (unpaired) electrons. The van der Waals surface area contributed by atoms with E-state index >= 15 is 0 Å². The van der Waals surface area contributed by atoms with Gasteiger partial charge in [-0.25, -0.2) is 9.78 Å². The van der Waals surface area contributed by atoms with Crippen LogP contribution < -0.4 is 0 Å². The summed E-state index contributed by atoms with van der Waals surface area (Å²) in [5, 5.41) is 30.3. The number of carboxylic acids is 1. The van der Waals surface area contributed by atoms with Crippen LogP contribution in [0.25, 0.3) is 5.69 Å². The van der Waals surface area contributed by atoms with Gasteiger partial charge in [-0.05, 0) is 12.1 Å². The van der Waals surface area contributed by atoms with E-state index < -0.39 is 22.4 Å². The van der Waals surface area contributed by atoms with Crippen LogP contribution >= 0.6 is 0 Å². The largest absolute Gasteiger partial charge is 0.479 e. The van der Waals surface area contributed by atoms with E-state index in [4.69, 9.17) is 5.11 Å². The third-order valence-electron chi connectivity index (χ3n) is 4.48. The Kier molecular flexibility index (Phi) is 4.43. The molecule has 2 heterocycles. The van der Waals surface area contributed by atoms with Crippen molar-refractivity contribution in [2.45, 2.75) is 18.4 Å². The van der Waals surface area contributed by atoms with Crippen LogP contribution in [0.2, 0.25) is 0 Å². The van der Waals surface area contributed by atoms with Gasteiger partial charge in [0.15, 0.2) is 5.60 Å². The number of carbonyl (C=O) groups is 2. The summed E-state index contributed by atoms with van der Waals surface area (Å²) in [5.41, 5.74) is -1.68. The van der Waals surface area contributed by atoms with Gasteiger partial charge in [0.1, 0.15) is 5.69 Å². The van der Waals surface area contributed by atoms with Crippen molar-refractivity contribution in [2.75, 3.05) is 13.1 Å². The van der Waals surface area contributed by atoms with Gasteiger partial charge in [0.25, 0.3) is 11.6 Å². The van der Waals surface area contributed by atoms with Crippen molar-refractivity contribution >= 4 is 17.6 Å². The van der Waals surface area contributed by atoms with Crippen LogP contribution in [0.5, 0.6) is 0 Å². The second kappa shape index (κ2) is 6.56. The number of carboxylic acid groups (broad SMARTS) is 1. The monoisotopic (exact) mass is 360 g/mol. The molecular formula is C16H16N4O6. The Morgan fingerprint density at radius 1 is 1.27 bits per heavy atom. The highest BCUT2D eigenvalue weighted by Crippen LogP contribution is 2.27. The molecule has 0 saturated carbocycles. The fourth-order valence-corrected chi connectivity index (χ4v) is 2.90. The van der Waals surface area contributed by atoms with Crippen LogP contribution in [-0.2, 0) is 4.79 Å². The van der Waals surface area contributed by atoms with Crippen LogP contribution in [0.3, 0.4) is 0 Å². The highest BCUT2D eigenvalue weighted by Gasteiger charge is 2.40. The van der Waals surface area contributed by atoms with Crippen molar-refractivity contribution < 1.29 is 24.7 Å². The number of aliphatic carboxylic acids is 1. The van der Waals surface area contributed by atoms with E-state index in [0.717, 1.165) is 0 Å². The maximum absolute atomic E-state index is 12.6. The maximum Gasteiger partial charge on any atom is 0.335 e. The molecule has 136 valence electrons. The van der Waals surface area contributed by atoms with Crippen molar-refractivity contribution in [1.29, 1.82) is 0 Å². The van der Waals surface area contributed by atoms with Crippen LogP contribution in [-0.4, -0.2) is 60.2 Å². The van der Waals surface area contributed by atoms with E-state index in [-0.39, 0.29) is 42.9 Å². The lowest BCUT2D eigenvalue weighted by atomic mass is 9.91. The second-order valence-corrected chi connectivity index (χ2v) is 6.06. The minimum atomic E-state index is -1.84. The molecule has 0 bridgehead atoms. The quantitative estimate of drug-likeness (QED) is 0.608. The SMILES string of the molecule is O=C(c1ccc(-n2ccnc2)c([N+](=O)[O-])c1)N1CCC(O)(C(=O)O)CC1.